The lowest BCUT2D eigenvalue weighted by atomic mass is 10.2. The van der Waals surface area contributed by atoms with Crippen LogP contribution in [-0.2, 0) is 6.42 Å². The Hall–Kier alpha value is -2.14. The molecule has 0 unspecified atom stereocenters. The highest BCUT2D eigenvalue weighted by Gasteiger charge is 2.10. The number of fused-ring (bicyclic) bond motifs is 1. The number of aryl methyl sites for hydroxylation is 1. The summed E-state index contributed by atoms with van der Waals surface area (Å²) < 4.78 is 5.24. The second kappa shape index (κ2) is 4.62. The van der Waals surface area contributed by atoms with Crippen LogP contribution in [-0.4, -0.2) is 21.7 Å². The molecule has 0 aliphatic rings. The van der Waals surface area contributed by atoms with Gasteiger partial charge in [-0.3, -0.25) is 0 Å². The van der Waals surface area contributed by atoms with Gasteiger partial charge < -0.3 is 15.2 Å². The van der Waals surface area contributed by atoms with E-state index in [0.717, 1.165) is 29.4 Å². The molecule has 3 N–H and O–H groups in total. The van der Waals surface area contributed by atoms with E-state index >= 15 is 0 Å². The molecule has 18 heavy (non-hydrogen) atoms. The molecule has 0 bridgehead atoms. The molecule has 0 saturated heterocycles. The van der Waals surface area contributed by atoms with E-state index in [-0.39, 0.29) is 0 Å². The zero-order chi connectivity index (χ0) is 12.4. The maximum Gasteiger partial charge on any atom is 0.274 e. The lowest BCUT2D eigenvalue weighted by Crippen LogP contribution is -2.01. The number of nitrogens with two attached hydrogens (primary N) is 1. The normalized spacial score (nSPS) is 11.2. The highest BCUT2D eigenvalue weighted by atomic mass is 16.5. The van der Waals surface area contributed by atoms with E-state index in [9.17, 15) is 0 Å². The standard InChI is InChI=1S/C13H14N4O/c14-7-3-6-12-16-13(18-17-12)11-8-9-4-1-2-5-10(9)15-11/h1-2,4-5,8,15H,3,6-7,14H2. The van der Waals surface area contributed by atoms with Crippen molar-refractivity contribution in [1.82, 2.24) is 15.1 Å². The Kier molecular flexibility index (Phi) is 2.82. The minimum atomic E-state index is 0.526. The molecule has 0 fully saturated rings. The first-order chi connectivity index (χ1) is 8.86. The van der Waals surface area contributed by atoms with Crippen LogP contribution in [0.4, 0.5) is 0 Å². The summed E-state index contributed by atoms with van der Waals surface area (Å²) in [7, 11) is 0. The Balaban J connectivity index is 1.91. The zero-order valence-corrected chi connectivity index (χ0v) is 9.89. The number of hydrogen-bond acceptors (Lipinski definition) is 4. The largest absolute Gasteiger partial charge is 0.351 e. The molecule has 0 amide bonds. The summed E-state index contributed by atoms with van der Waals surface area (Å²) in [6.45, 7) is 0.635. The van der Waals surface area contributed by atoms with Crippen molar-refractivity contribution < 1.29 is 4.52 Å². The molecule has 2 heterocycles. The summed E-state index contributed by atoms with van der Waals surface area (Å²) >= 11 is 0. The molecule has 5 nitrogen and oxygen atoms in total. The van der Waals surface area contributed by atoms with Crippen LogP contribution in [0.25, 0.3) is 22.5 Å². The van der Waals surface area contributed by atoms with E-state index in [1.54, 1.807) is 0 Å². The summed E-state index contributed by atoms with van der Waals surface area (Å²) in [6, 6.07) is 10.1. The summed E-state index contributed by atoms with van der Waals surface area (Å²) in [5, 5.41) is 5.07. The highest BCUT2D eigenvalue weighted by molar-refractivity contribution is 5.84. The van der Waals surface area contributed by atoms with E-state index in [1.807, 2.05) is 30.3 Å². The zero-order valence-electron chi connectivity index (χ0n) is 9.89. The topological polar surface area (TPSA) is 80.7 Å². The second-order valence-corrected chi connectivity index (χ2v) is 4.18. The van der Waals surface area contributed by atoms with Crippen molar-refractivity contribution in [1.29, 1.82) is 0 Å². The van der Waals surface area contributed by atoms with Gasteiger partial charge in [0.15, 0.2) is 5.82 Å². The minimum absolute atomic E-state index is 0.526. The fraction of sp³-hybridized carbons (Fsp3) is 0.231. The van der Waals surface area contributed by atoms with Crippen molar-refractivity contribution in [2.45, 2.75) is 12.8 Å². The third-order valence-corrected chi connectivity index (χ3v) is 2.83. The molecule has 2 aromatic heterocycles. The van der Waals surface area contributed by atoms with Crippen LogP contribution in [0.5, 0.6) is 0 Å². The third kappa shape index (κ3) is 2.00. The van der Waals surface area contributed by atoms with Gasteiger partial charge in [0.05, 0.1) is 0 Å². The van der Waals surface area contributed by atoms with E-state index < -0.39 is 0 Å². The van der Waals surface area contributed by atoms with E-state index in [2.05, 4.69) is 15.1 Å². The van der Waals surface area contributed by atoms with Crippen molar-refractivity contribution in [3.05, 3.63) is 36.2 Å². The molecule has 0 aliphatic heterocycles. The molecule has 92 valence electrons. The smallest absolute Gasteiger partial charge is 0.274 e. The van der Waals surface area contributed by atoms with Gasteiger partial charge in [-0.05, 0) is 25.1 Å². The van der Waals surface area contributed by atoms with E-state index in [0.29, 0.717) is 18.3 Å². The molecule has 0 aliphatic carbocycles. The monoisotopic (exact) mass is 242 g/mol. The summed E-state index contributed by atoms with van der Waals surface area (Å²) in [6.07, 6.45) is 1.62. The van der Waals surface area contributed by atoms with Crippen molar-refractivity contribution in [2.75, 3.05) is 6.54 Å². The van der Waals surface area contributed by atoms with Gasteiger partial charge in [-0.1, -0.05) is 23.4 Å². The molecule has 1 aromatic carbocycles. The maximum absolute atomic E-state index is 5.45. The average molecular weight is 242 g/mol. The van der Waals surface area contributed by atoms with Crippen molar-refractivity contribution in [2.24, 2.45) is 5.73 Å². The number of para-hydroxylation sites is 1. The average Bonchev–Trinajstić information content (AvgIpc) is 3.02. The van der Waals surface area contributed by atoms with Gasteiger partial charge in [0.2, 0.25) is 0 Å². The predicted octanol–water partition coefficient (Wildman–Crippen LogP) is 2.11. The lowest BCUT2D eigenvalue weighted by molar-refractivity contribution is 0.421. The Morgan fingerprint density at radius 2 is 2.17 bits per heavy atom. The lowest BCUT2D eigenvalue weighted by Gasteiger charge is -1.88. The summed E-state index contributed by atoms with van der Waals surface area (Å²) in [4.78, 5) is 7.61. The molecular formula is C13H14N4O. The van der Waals surface area contributed by atoms with Crippen LogP contribution in [0, 0.1) is 0 Å². The first kappa shape index (κ1) is 11.0. The fourth-order valence-corrected chi connectivity index (χ4v) is 1.91. The van der Waals surface area contributed by atoms with Crippen molar-refractivity contribution in [3.8, 4) is 11.6 Å². The Morgan fingerprint density at radius 1 is 1.28 bits per heavy atom. The number of hydrogen-bond donors (Lipinski definition) is 2. The quantitative estimate of drug-likeness (QED) is 0.734. The van der Waals surface area contributed by atoms with Gasteiger partial charge in [-0.15, -0.1) is 0 Å². The van der Waals surface area contributed by atoms with Gasteiger partial charge >= 0.3 is 0 Å². The van der Waals surface area contributed by atoms with Gasteiger partial charge in [0.1, 0.15) is 5.69 Å². The first-order valence-corrected chi connectivity index (χ1v) is 5.97. The number of nitrogens with one attached hydrogen (secondary N) is 1. The first-order valence-electron chi connectivity index (χ1n) is 5.97. The van der Waals surface area contributed by atoms with Crippen molar-refractivity contribution >= 4 is 10.9 Å². The second-order valence-electron chi connectivity index (χ2n) is 4.18. The summed E-state index contributed by atoms with van der Waals surface area (Å²) in [5.74, 6) is 1.23. The van der Waals surface area contributed by atoms with Gasteiger partial charge in [-0.2, -0.15) is 4.98 Å². The molecule has 3 aromatic rings. The van der Waals surface area contributed by atoms with Crippen LogP contribution in [0.1, 0.15) is 12.2 Å². The van der Waals surface area contributed by atoms with Crippen LogP contribution in [0.15, 0.2) is 34.9 Å². The molecule has 0 radical (unpaired) electrons. The fourth-order valence-electron chi connectivity index (χ4n) is 1.91. The third-order valence-electron chi connectivity index (χ3n) is 2.83. The van der Waals surface area contributed by atoms with Crippen LogP contribution in [0.2, 0.25) is 0 Å². The van der Waals surface area contributed by atoms with E-state index in [4.69, 9.17) is 10.3 Å². The van der Waals surface area contributed by atoms with Gasteiger partial charge in [0, 0.05) is 17.3 Å². The van der Waals surface area contributed by atoms with Gasteiger partial charge in [-0.25, -0.2) is 0 Å². The number of benzene rings is 1. The van der Waals surface area contributed by atoms with Crippen LogP contribution < -0.4 is 5.73 Å². The predicted molar refractivity (Wildman–Crippen MR) is 69.0 cm³/mol. The maximum atomic E-state index is 5.45. The van der Waals surface area contributed by atoms with E-state index in [1.165, 1.54) is 0 Å². The number of aromatic amines is 1. The summed E-state index contributed by atoms with van der Waals surface area (Å²) in [5.41, 5.74) is 7.37. The number of aromatic nitrogens is 3. The number of rotatable bonds is 4. The van der Waals surface area contributed by atoms with Crippen LogP contribution >= 0.6 is 0 Å². The molecule has 0 spiro atoms. The number of nitrogens with zero attached hydrogens (tertiary/aromatic N) is 2. The number of H-pyrrole nitrogens is 1. The molecule has 5 heteroatoms. The SMILES string of the molecule is NCCCc1noc(-c2cc3ccccc3[nH]2)n1. The highest BCUT2D eigenvalue weighted by Crippen LogP contribution is 2.22. The van der Waals surface area contributed by atoms with Crippen LogP contribution in [0.3, 0.4) is 0 Å². The van der Waals surface area contributed by atoms with Gasteiger partial charge in [0.25, 0.3) is 5.89 Å². The Morgan fingerprint density at radius 3 is 3.00 bits per heavy atom. The molecule has 3 rings (SSSR count). The molecule has 0 atom stereocenters. The Bertz CT molecular complexity index is 623. The molecule has 0 saturated carbocycles. The molecular weight excluding hydrogens is 228 g/mol. The Labute approximate surface area is 104 Å². The van der Waals surface area contributed by atoms with Crippen molar-refractivity contribution in [3.63, 3.8) is 0 Å². The minimum Gasteiger partial charge on any atom is -0.351 e.